The highest BCUT2D eigenvalue weighted by atomic mass is 32.2. The van der Waals surface area contributed by atoms with Gasteiger partial charge in [0.05, 0.1) is 17.5 Å². The summed E-state index contributed by atoms with van der Waals surface area (Å²) < 4.78 is 26.5. The molecule has 1 unspecified atom stereocenters. The topological polar surface area (TPSA) is 57.4 Å². The normalized spacial score (nSPS) is 26.8. The van der Waals surface area contributed by atoms with Crippen LogP contribution in [0.5, 0.6) is 0 Å². The molecule has 19 heavy (non-hydrogen) atoms. The second kappa shape index (κ2) is 5.45. The van der Waals surface area contributed by atoms with E-state index < -0.39 is 10.0 Å². The lowest BCUT2D eigenvalue weighted by Gasteiger charge is -2.06. The van der Waals surface area contributed by atoms with Crippen molar-refractivity contribution in [1.82, 2.24) is 4.31 Å². The minimum absolute atomic E-state index is 0.00843. The highest BCUT2D eigenvalue weighted by Gasteiger charge is 2.52. The van der Waals surface area contributed by atoms with E-state index in [0.717, 1.165) is 12.0 Å². The molecule has 0 spiro atoms. The van der Waals surface area contributed by atoms with Gasteiger partial charge >= 0.3 is 0 Å². The first-order chi connectivity index (χ1) is 9.02. The molecular weight excluding hydrogens is 262 g/mol. The van der Waals surface area contributed by atoms with Gasteiger partial charge < -0.3 is 5.11 Å². The first-order valence-electron chi connectivity index (χ1n) is 6.40. The third kappa shape index (κ3) is 2.73. The van der Waals surface area contributed by atoms with Crippen LogP contribution in [0.4, 0.5) is 0 Å². The summed E-state index contributed by atoms with van der Waals surface area (Å²) in [7, 11) is -3.42. The maximum atomic E-state index is 12.5. The van der Waals surface area contributed by atoms with Crippen molar-refractivity contribution in [2.24, 2.45) is 0 Å². The van der Waals surface area contributed by atoms with Crippen molar-refractivity contribution >= 4 is 10.0 Å². The molecule has 1 fully saturated rings. The molecule has 5 heteroatoms. The Bertz CT molecular complexity index is 563. The molecule has 1 aromatic carbocycles. The molecule has 3 atom stereocenters. The monoisotopic (exact) mass is 281 g/mol. The molecule has 0 amide bonds. The van der Waals surface area contributed by atoms with Crippen molar-refractivity contribution in [3.05, 3.63) is 42.0 Å². The molecule has 1 N–H and O–H groups in total. The SMILES string of the molecule is CC[C@H]1[C@H](/C=C/CO)N1S(=O)(=O)c1ccc(C)cc1. The fourth-order valence-electron chi connectivity index (χ4n) is 2.28. The average Bonchev–Trinajstić information content (AvgIpc) is 3.11. The Kier molecular flexibility index (Phi) is 4.08. The Labute approximate surface area is 114 Å². The van der Waals surface area contributed by atoms with Crippen LogP contribution >= 0.6 is 0 Å². The molecule has 104 valence electrons. The van der Waals surface area contributed by atoms with Crippen LogP contribution in [0.15, 0.2) is 41.3 Å². The summed E-state index contributed by atoms with van der Waals surface area (Å²) in [5.41, 5.74) is 1.04. The molecule has 1 saturated heterocycles. The number of aryl methyl sites for hydroxylation is 1. The Hall–Kier alpha value is -1.17. The second-order valence-corrected chi connectivity index (χ2v) is 6.57. The van der Waals surface area contributed by atoms with E-state index in [1.165, 1.54) is 4.31 Å². The molecular formula is C14H19NO3S. The van der Waals surface area contributed by atoms with Crippen molar-refractivity contribution in [2.75, 3.05) is 6.61 Å². The first kappa shape index (κ1) is 14.2. The summed E-state index contributed by atoms with van der Waals surface area (Å²) in [5, 5.41) is 8.78. The fourth-order valence-corrected chi connectivity index (χ4v) is 4.11. The van der Waals surface area contributed by atoms with Crippen LogP contribution in [0.2, 0.25) is 0 Å². The van der Waals surface area contributed by atoms with E-state index in [1.807, 2.05) is 13.8 Å². The first-order valence-corrected chi connectivity index (χ1v) is 7.84. The average molecular weight is 281 g/mol. The third-order valence-corrected chi connectivity index (χ3v) is 5.32. The molecule has 2 rings (SSSR count). The van der Waals surface area contributed by atoms with Crippen molar-refractivity contribution in [2.45, 2.75) is 37.2 Å². The molecule has 4 nitrogen and oxygen atoms in total. The quantitative estimate of drug-likeness (QED) is 0.660. The van der Waals surface area contributed by atoms with Crippen LogP contribution < -0.4 is 0 Å². The molecule has 0 bridgehead atoms. The molecule has 1 aromatic rings. The van der Waals surface area contributed by atoms with Crippen LogP contribution in [0.25, 0.3) is 0 Å². The number of benzene rings is 1. The van der Waals surface area contributed by atoms with E-state index >= 15 is 0 Å². The van der Waals surface area contributed by atoms with Gasteiger partial charge in [0.1, 0.15) is 0 Å². The standard InChI is InChI=1S/C14H19NO3S/c1-3-13-14(5-4-10-16)15(13)19(17,18)12-8-6-11(2)7-9-12/h4-9,13-14,16H,3,10H2,1-2H3/b5-4+/t13-,14-,15?/m0/s1. The van der Waals surface area contributed by atoms with Gasteiger partial charge in [-0.25, -0.2) is 8.42 Å². The predicted molar refractivity (Wildman–Crippen MR) is 74.3 cm³/mol. The number of hydrogen-bond acceptors (Lipinski definition) is 3. The number of sulfonamides is 1. The van der Waals surface area contributed by atoms with Crippen molar-refractivity contribution < 1.29 is 13.5 Å². The van der Waals surface area contributed by atoms with E-state index in [4.69, 9.17) is 5.11 Å². The number of nitrogens with zero attached hydrogens (tertiary/aromatic N) is 1. The predicted octanol–water partition coefficient (Wildman–Crippen LogP) is 1.70. The number of aliphatic hydroxyl groups excluding tert-OH is 1. The van der Waals surface area contributed by atoms with Crippen LogP contribution in [0.3, 0.4) is 0 Å². The lowest BCUT2D eigenvalue weighted by molar-refractivity contribution is 0.342. The zero-order valence-corrected chi connectivity index (χ0v) is 12.0. The summed E-state index contributed by atoms with van der Waals surface area (Å²) in [6.07, 6.45) is 4.13. The van der Waals surface area contributed by atoms with Crippen LogP contribution in [-0.2, 0) is 10.0 Å². The van der Waals surface area contributed by atoms with Gasteiger partial charge in [-0.15, -0.1) is 0 Å². The van der Waals surface area contributed by atoms with Gasteiger partial charge in [-0.1, -0.05) is 36.8 Å². The van der Waals surface area contributed by atoms with Gasteiger partial charge in [0, 0.05) is 6.04 Å². The zero-order valence-electron chi connectivity index (χ0n) is 11.2. The fraction of sp³-hybridized carbons (Fsp3) is 0.429. The summed E-state index contributed by atoms with van der Waals surface area (Å²) in [6, 6.07) is 6.77. The largest absolute Gasteiger partial charge is 0.392 e. The van der Waals surface area contributed by atoms with Crippen molar-refractivity contribution in [3.63, 3.8) is 0 Å². The highest BCUT2D eigenvalue weighted by Crippen LogP contribution is 2.38. The molecule has 1 aliphatic heterocycles. The minimum atomic E-state index is -3.42. The Morgan fingerprint density at radius 3 is 2.47 bits per heavy atom. The maximum absolute atomic E-state index is 12.5. The number of rotatable bonds is 5. The second-order valence-electron chi connectivity index (χ2n) is 4.72. The van der Waals surface area contributed by atoms with E-state index in [0.29, 0.717) is 4.90 Å². The Morgan fingerprint density at radius 1 is 1.32 bits per heavy atom. The van der Waals surface area contributed by atoms with Crippen molar-refractivity contribution in [1.29, 1.82) is 0 Å². The summed E-state index contributed by atoms with van der Waals surface area (Å²) >= 11 is 0. The van der Waals surface area contributed by atoms with Gasteiger partial charge in [-0.05, 0) is 25.5 Å². The Morgan fingerprint density at radius 2 is 1.95 bits per heavy atom. The smallest absolute Gasteiger partial charge is 0.243 e. The van der Waals surface area contributed by atoms with E-state index in [-0.39, 0.29) is 18.7 Å². The van der Waals surface area contributed by atoms with E-state index in [2.05, 4.69) is 0 Å². The number of aliphatic hydroxyl groups is 1. The molecule has 1 aliphatic rings. The summed E-state index contributed by atoms with van der Waals surface area (Å²) in [6.45, 7) is 3.83. The van der Waals surface area contributed by atoms with Gasteiger partial charge in [0.25, 0.3) is 0 Å². The summed E-state index contributed by atoms with van der Waals surface area (Å²) in [5.74, 6) is 0. The van der Waals surface area contributed by atoms with Gasteiger partial charge in [0.2, 0.25) is 10.0 Å². The molecule has 0 aliphatic carbocycles. The molecule has 0 saturated carbocycles. The van der Waals surface area contributed by atoms with Crippen molar-refractivity contribution in [3.8, 4) is 0 Å². The van der Waals surface area contributed by atoms with Gasteiger partial charge in [-0.3, -0.25) is 0 Å². The molecule has 0 radical (unpaired) electrons. The molecule has 0 aromatic heterocycles. The Balaban J connectivity index is 2.25. The third-order valence-electron chi connectivity index (χ3n) is 3.38. The summed E-state index contributed by atoms with van der Waals surface area (Å²) in [4.78, 5) is 0.330. The van der Waals surface area contributed by atoms with Crippen LogP contribution in [-0.4, -0.2) is 36.5 Å². The molecule has 1 heterocycles. The van der Waals surface area contributed by atoms with Gasteiger partial charge in [0.15, 0.2) is 0 Å². The van der Waals surface area contributed by atoms with E-state index in [1.54, 1.807) is 36.4 Å². The van der Waals surface area contributed by atoms with Gasteiger partial charge in [-0.2, -0.15) is 4.31 Å². The van der Waals surface area contributed by atoms with Crippen LogP contribution in [0, 0.1) is 6.92 Å². The van der Waals surface area contributed by atoms with E-state index in [9.17, 15) is 8.42 Å². The lowest BCUT2D eigenvalue weighted by Crippen LogP contribution is -2.15. The van der Waals surface area contributed by atoms with Crippen LogP contribution in [0.1, 0.15) is 18.9 Å². The maximum Gasteiger partial charge on any atom is 0.243 e. The zero-order chi connectivity index (χ0) is 14.0. The number of hydrogen-bond donors (Lipinski definition) is 1. The highest BCUT2D eigenvalue weighted by molar-refractivity contribution is 7.89. The lowest BCUT2D eigenvalue weighted by atomic mass is 10.2. The minimum Gasteiger partial charge on any atom is -0.392 e.